The molecule has 152 valence electrons. The predicted octanol–water partition coefficient (Wildman–Crippen LogP) is 4.37. The lowest BCUT2D eigenvalue weighted by Crippen LogP contribution is -2.34. The highest BCUT2D eigenvalue weighted by molar-refractivity contribution is 6.24. The number of esters is 1. The standard InChI is InChI=1S/C26H19NO4/c28-24-22-17-9-10-18(13-17)23(22)25(29)27(24)21-8-4-3-7-20(21)26(30)31-19-12-11-15-5-1-2-6-16(15)14-19/h1-12,14,17-18,22-23H,13H2. The number of carbonyl (C=O) groups is 3. The van der Waals surface area contributed by atoms with Crippen LogP contribution < -0.4 is 9.64 Å². The van der Waals surface area contributed by atoms with E-state index in [0.717, 1.165) is 17.2 Å². The Kier molecular flexibility index (Phi) is 3.87. The Morgan fingerprint density at radius 2 is 1.45 bits per heavy atom. The quantitative estimate of drug-likeness (QED) is 0.279. The minimum Gasteiger partial charge on any atom is -0.423 e. The lowest BCUT2D eigenvalue weighted by molar-refractivity contribution is -0.123. The lowest BCUT2D eigenvalue weighted by atomic mass is 9.85. The predicted molar refractivity (Wildman–Crippen MR) is 116 cm³/mol. The average Bonchev–Trinajstić information content (AvgIpc) is 3.47. The van der Waals surface area contributed by atoms with E-state index in [0.29, 0.717) is 11.4 Å². The number of imide groups is 1. The molecular formula is C26H19NO4. The Morgan fingerprint density at radius 3 is 2.19 bits per heavy atom. The molecule has 1 saturated carbocycles. The fourth-order valence-electron chi connectivity index (χ4n) is 5.37. The molecule has 5 heteroatoms. The molecule has 0 spiro atoms. The number of hydrogen-bond donors (Lipinski definition) is 0. The Bertz CT molecular complexity index is 1260. The summed E-state index contributed by atoms with van der Waals surface area (Å²) in [6.07, 6.45) is 4.98. The van der Waals surface area contributed by atoms with Crippen molar-refractivity contribution in [1.82, 2.24) is 0 Å². The molecule has 1 aliphatic heterocycles. The van der Waals surface area contributed by atoms with Gasteiger partial charge in [0, 0.05) is 0 Å². The van der Waals surface area contributed by atoms with Crippen LogP contribution in [0.5, 0.6) is 5.75 Å². The lowest BCUT2D eigenvalue weighted by Gasteiger charge is -2.20. The van der Waals surface area contributed by atoms with Crippen molar-refractivity contribution < 1.29 is 19.1 Å². The van der Waals surface area contributed by atoms with Gasteiger partial charge in [0.1, 0.15) is 5.75 Å². The molecule has 1 saturated heterocycles. The maximum atomic E-state index is 13.2. The number of benzene rings is 3. The molecule has 0 radical (unpaired) electrons. The number of hydrogen-bond acceptors (Lipinski definition) is 4. The molecule has 31 heavy (non-hydrogen) atoms. The third-order valence-corrected chi connectivity index (χ3v) is 6.77. The van der Waals surface area contributed by atoms with Gasteiger partial charge in [0.15, 0.2) is 0 Å². The summed E-state index contributed by atoms with van der Waals surface area (Å²) in [7, 11) is 0. The number of allylic oxidation sites excluding steroid dienone is 2. The molecule has 3 aromatic carbocycles. The fourth-order valence-corrected chi connectivity index (χ4v) is 5.37. The van der Waals surface area contributed by atoms with Crippen LogP contribution in [0.3, 0.4) is 0 Å². The van der Waals surface area contributed by atoms with Crippen molar-refractivity contribution in [2.75, 3.05) is 4.90 Å². The van der Waals surface area contributed by atoms with Crippen LogP contribution in [0.25, 0.3) is 10.8 Å². The van der Waals surface area contributed by atoms with Crippen LogP contribution in [0.2, 0.25) is 0 Å². The number of ether oxygens (including phenoxy) is 1. The van der Waals surface area contributed by atoms with E-state index >= 15 is 0 Å². The second-order valence-corrected chi connectivity index (χ2v) is 8.43. The van der Waals surface area contributed by atoms with Crippen LogP contribution in [-0.4, -0.2) is 17.8 Å². The van der Waals surface area contributed by atoms with Crippen molar-refractivity contribution in [3.05, 3.63) is 84.4 Å². The summed E-state index contributed by atoms with van der Waals surface area (Å²) in [6.45, 7) is 0. The van der Waals surface area contributed by atoms with Crippen LogP contribution in [0.1, 0.15) is 16.8 Å². The van der Waals surface area contributed by atoms with Gasteiger partial charge in [0.2, 0.25) is 11.8 Å². The van der Waals surface area contributed by atoms with Crippen molar-refractivity contribution in [1.29, 1.82) is 0 Å². The molecule has 2 fully saturated rings. The van der Waals surface area contributed by atoms with E-state index in [1.54, 1.807) is 36.4 Å². The summed E-state index contributed by atoms with van der Waals surface area (Å²) in [5.74, 6) is -0.989. The molecule has 4 atom stereocenters. The zero-order valence-electron chi connectivity index (χ0n) is 16.6. The number of carbonyl (C=O) groups excluding carboxylic acids is 3. The molecule has 0 N–H and O–H groups in total. The molecular weight excluding hydrogens is 390 g/mol. The van der Waals surface area contributed by atoms with Crippen molar-refractivity contribution in [2.45, 2.75) is 6.42 Å². The van der Waals surface area contributed by atoms with Gasteiger partial charge in [-0.3, -0.25) is 9.59 Å². The minimum atomic E-state index is -0.593. The SMILES string of the molecule is O=C(Oc1ccc2ccccc2c1)c1ccccc1N1C(=O)C2C3C=CC(C3)C2C1=O. The smallest absolute Gasteiger partial charge is 0.345 e. The van der Waals surface area contributed by atoms with E-state index < -0.39 is 5.97 Å². The third kappa shape index (κ3) is 2.66. The zero-order chi connectivity index (χ0) is 21.1. The monoisotopic (exact) mass is 409 g/mol. The van der Waals surface area contributed by atoms with Gasteiger partial charge in [-0.25, -0.2) is 9.69 Å². The molecule has 6 rings (SSSR count). The molecule has 2 bridgehead atoms. The Hall–Kier alpha value is -3.73. The highest BCUT2D eigenvalue weighted by Crippen LogP contribution is 2.53. The first-order valence-electron chi connectivity index (χ1n) is 10.5. The topological polar surface area (TPSA) is 63.7 Å². The largest absolute Gasteiger partial charge is 0.423 e. The van der Waals surface area contributed by atoms with E-state index in [-0.39, 0.29) is 41.0 Å². The molecule has 0 aromatic heterocycles. The van der Waals surface area contributed by atoms with Crippen LogP contribution >= 0.6 is 0 Å². The van der Waals surface area contributed by atoms with E-state index in [1.807, 2.05) is 30.3 Å². The van der Waals surface area contributed by atoms with Crippen molar-refractivity contribution in [3.8, 4) is 5.75 Å². The van der Waals surface area contributed by atoms with Gasteiger partial charge >= 0.3 is 5.97 Å². The normalized spacial score (nSPS) is 26.0. The maximum absolute atomic E-state index is 13.2. The van der Waals surface area contributed by atoms with E-state index in [9.17, 15) is 14.4 Å². The van der Waals surface area contributed by atoms with Crippen LogP contribution in [-0.2, 0) is 9.59 Å². The number of rotatable bonds is 3. The van der Waals surface area contributed by atoms with Crippen molar-refractivity contribution in [2.24, 2.45) is 23.7 Å². The molecule has 2 aliphatic carbocycles. The number of fused-ring (bicyclic) bond motifs is 6. The summed E-state index contributed by atoms with van der Waals surface area (Å²) in [5.41, 5.74) is 0.509. The molecule has 4 unspecified atom stereocenters. The first kappa shape index (κ1) is 18.1. The Balaban J connectivity index is 1.33. The number of anilines is 1. The first-order chi connectivity index (χ1) is 15.1. The van der Waals surface area contributed by atoms with Gasteiger partial charge in [0.25, 0.3) is 0 Å². The highest BCUT2D eigenvalue weighted by atomic mass is 16.5. The molecule has 3 aliphatic rings. The summed E-state index contributed by atoms with van der Waals surface area (Å²) >= 11 is 0. The van der Waals surface area contributed by atoms with Gasteiger partial charge in [-0.15, -0.1) is 0 Å². The van der Waals surface area contributed by atoms with E-state index in [4.69, 9.17) is 4.74 Å². The van der Waals surface area contributed by atoms with Crippen LogP contribution in [0.15, 0.2) is 78.9 Å². The Labute approximate surface area is 178 Å². The second kappa shape index (κ2) is 6.64. The van der Waals surface area contributed by atoms with E-state index in [1.165, 1.54) is 4.90 Å². The van der Waals surface area contributed by atoms with Gasteiger partial charge < -0.3 is 4.74 Å². The molecule has 1 heterocycles. The average molecular weight is 409 g/mol. The van der Waals surface area contributed by atoms with Gasteiger partial charge in [-0.1, -0.05) is 54.6 Å². The third-order valence-electron chi connectivity index (χ3n) is 6.77. The van der Waals surface area contributed by atoms with Crippen LogP contribution in [0, 0.1) is 23.7 Å². The minimum absolute atomic E-state index is 0.119. The van der Waals surface area contributed by atoms with Gasteiger partial charge in [0.05, 0.1) is 23.1 Å². The number of amides is 2. The summed E-state index contributed by atoms with van der Waals surface area (Å²) in [4.78, 5) is 40.6. The summed E-state index contributed by atoms with van der Waals surface area (Å²) < 4.78 is 5.63. The van der Waals surface area contributed by atoms with E-state index in [2.05, 4.69) is 12.2 Å². The number of nitrogens with zero attached hydrogens (tertiary/aromatic N) is 1. The molecule has 2 amide bonds. The van der Waals surface area contributed by atoms with Crippen LogP contribution in [0.4, 0.5) is 5.69 Å². The highest BCUT2D eigenvalue weighted by Gasteiger charge is 2.59. The molecule has 3 aromatic rings. The summed E-state index contributed by atoms with van der Waals surface area (Å²) in [6, 6.07) is 19.9. The second-order valence-electron chi connectivity index (χ2n) is 8.43. The number of para-hydroxylation sites is 1. The van der Waals surface area contributed by atoms with Gasteiger partial charge in [-0.2, -0.15) is 0 Å². The van der Waals surface area contributed by atoms with Gasteiger partial charge in [-0.05, 0) is 53.3 Å². The molecule has 5 nitrogen and oxygen atoms in total. The summed E-state index contributed by atoms with van der Waals surface area (Å²) in [5, 5.41) is 2.01. The van der Waals surface area contributed by atoms with Crippen molar-refractivity contribution >= 4 is 34.2 Å². The first-order valence-corrected chi connectivity index (χ1v) is 10.5. The van der Waals surface area contributed by atoms with Crippen molar-refractivity contribution in [3.63, 3.8) is 0 Å². The maximum Gasteiger partial charge on any atom is 0.345 e. The zero-order valence-corrected chi connectivity index (χ0v) is 16.6. The Morgan fingerprint density at radius 1 is 0.806 bits per heavy atom. The fraction of sp³-hybridized carbons (Fsp3) is 0.192.